The third-order valence-corrected chi connectivity index (χ3v) is 4.29. The molecule has 0 aliphatic heterocycles. The van der Waals surface area contributed by atoms with Gasteiger partial charge in [-0.25, -0.2) is 4.98 Å². The molecule has 0 atom stereocenters. The topological polar surface area (TPSA) is 55.3 Å². The van der Waals surface area contributed by atoms with Crippen molar-refractivity contribution in [1.29, 1.82) is 0 Å². The minimum absolute atomic E-state index is 0.0310. The van der Waals surface area contributed by atoms with Crippen LogP contribution in [0.1, 0.15) is 20.2 Å². The lowest BCUT2D eigenvalue weighted by atomic mass is 10.2. The molecule has 2 aromatic heterocycles. The number of aromatic nitrogens is 2. The molecule has 0 unspecified atom stereocenters. The second-order valence-corrected chi connectivity index (χ2v) is 6.64. The summed E-state index contributed by atoms with van der Waals surface area (Å²) in [4.78, 5) is 23.4. The van der Waals surface area contributed by atoms with Crippen molar-refractivity contribution in [3.63, 3.8) is 0 Å². The van der Waals surface area contributed by atoms with E-state index in [1.165, 1.54) is 0 Å². The Kier molecular flexibility index (Phi) is 4.86. The molecule has 0 radical (unpaired) electrons. The highest BCUT2D eigenvalue weighted by Gasteiger charge is 2.13. The van der Waals surface area contributed by atoms with E-state index in [2.05, 4.69) is 9.97 Å². The zero-order valence-electron chi connectivity index (χ0n) is 13.5. The summed E-state index contributed by atoms with van der Waals surface area (Å²) in [6.45, 7) is 2.51. The number of hydrogen-bond donors (Lipinski definition) is 0. The molecule has 0 saturated carbocycles. The van der Waals surface area contributed by atoms with Crippen molar-refractivity contribution in [1.82, 2.24) is 14.9 Å². The van der Waals surface area contributed by atoms with Gasteiger partial charge in [0.1, 0.15) is 11.5 Å². The van der Waals surface area contributed by atoms with Gasteiger partial charge in [-0.15, -0.1) is 11.3 Å². The number of thiazole rings is 1. The van der Waals surface area contributed by atoms with E-state index >= 15 is 0 Å². The summed E-state index contributed by atoms with van der Waals surface area (Å²) in [5, 5.41) is 1.00. The molecule has 3 rings (SSSR count). The molecule has 3 aromatic rings. The maximum Gasteiger partial charge on any atom is 0.253 e. The fourth-order valence-corrected chi connectivity index (χ4v) is 3.06. The quantitative estimate of drug-likeness (QED) is 0.707. The van der Waals surface area contributed by atoms with E-state index < -0.39 is 0 Å². The van der Waals surface area contributed by atoms with Gasteiger partial charge in [-0.2, -0.15) is 0 Å². The van der Waals surface area contributed by atoms with Crippen LogP contribution in [0.15, 0.2) is 55.0 Å². The lowest BCUT2D eigenvalue weighted by Crippen LogP contribution is -2.25. The highest BCUT2D eigenvalue weighted by atomic mass is 32.1. The average molecular weight is 339 g/mol. The SMILES string of the molecule is Cc1ncc(CN(C)C(=O)c2ccc(Oc3ccncc3)cc2)s1. The molecule has 0 aliphatic carbocycles. The Morgan fingerprint density at radius 1 is 1.12 bits per heavy atom. The van der Waals surface area contributed by atoms with Crippen LogP contribution in [-0.2, 0) is 6.54 Å². The number of benzene rings is 1. The van der Waals surface area contributed by atoms with Crippen LogP contribution in [0.5, 0.6) is 11.5 Å². The number of carbonyl (C=O) groups excluding carboxylic acids is 1. The third kappa shape index (κ3) is 3.97. The lowest BCUT2D eigenvalue weighted by molar-refractivity contribution is 0.0786. The Labute approximate surface area is 144 Å². The van der Waals surface area contributed by atoms with Crippen LogP contribution in [0.4, 0.5) is 0 Å². The van der Waals surface area contributed by atoms with Crippen LogP contribution in [0.2, 0.25) is 0 Å². The molecule has 0 spiro atoms. The van der Waals surface area contributed by atoms with Gasteiger partial charge in [0.15, 0.2) is 0 Å². The molecule has 1 amide bonds. The monoisotopic (exact) mass is 339 g/mol. The molecule has 1 aromatic carbocycles. The third-order valence-electron chi connectivity index (χ3n) is 3.40. The first kappa shape index (κ1) is 16.1. The first-order chi connectivity index (χ1) is 11.6. The molecule has 0 saturated heterocycles. The van der Waals surface area contributed by atoms with Crippen molar-refractivity contribution >= 4 is 17.2 Å². The maximum absolute atomic E-state index is 12.5. The van der Waals surface area contributed by atoms with Crippen LogP contribution < -0.4 is 4.74 Å². The summed E-state index contributed by atoms with van der Waals surface area (Å²) in [6, 6.07) is 10.7. The highest BCUT2D eigenvalue weighted by molar-refractivity contribution is 7.11. The van der Waals surface area contributed by atoms with Gasteiger partial charge in [-0.1, -0.05) is 0 Å². The fourth-order valence-electron chi connectivity index (χ4n) is 2.21. The molecule has 0 aliphatic rings. The largest absolute Gasteiger partial charge is 0.457 e. The second-order valence-electron chi connectivity index (χ2n) is 5.32. The van der Waals surface area contributed by atoms with Crippen molar-refractivity contribution in [3.8, 4) is 11.5 Å². The van der Waals surface area contributed by atoms with E-state index in [1.54, 1.807) is 72.1 Å². The maximum atomic E-state index is 12.5. The normalized spacial score (nSPS) is 10.4. The number of aryl methyl sites for hydroxylation is 1. The minimum atomic E-state index is -0.0310. The summed E-state index contributed by atoms with van der Waals surface area (Å²) in [5.74, 6) is 1.36. The van der Waals surface area contributed by atoms with Gasteiger partial charge in [0.25, 0.3) is 5.91 Å². The molecule has 24 heavy (non-hydrogen) atoms. The van der Waals surface area contributed by atoms with E-state index in [0.29, 0.717) is 23.6 Å². The van der Waals surface area contributed by atoms with Crippen molar-refractivity contribution in [2.24, 2.45) is 0 Å². The van der Waals surface area contributed by atoms with Crippen LogP contribution in [0, 0.1) is 6.92 Å². The van der Waals surface area contributed by atoms with Crippen LogP contribution in [0.3, 0.4) is 0 Å². The fraction of sp³-hybridized carbons (Fsp3) is 0.167. The lowest BCUT2D eigenvalue weighted by Gasteiger charge is -2.16. The molecule has 0 bridgehead atoms. The predicted molar refractivity (Wildman–Crippen MR) is 93.4 cm³/mol. The number of carbonyl (C=O) groups is 1. The first-order valence-corrected chi connectivity index (χ1v) is 8.28. The van der Waals surface area contributed by atoms with Crippen LogP contribution in [0.25, 0.3) is 0 Å². The van der Waals surface area contributed by atoms with E-state index in [0.717, 1.165) is 9.88 Å². The number of hydrogen-bond acceptors (Lipinski definition) is 5. The van der Waals surface area contributed by atoms with E-state index in [9.17, 15) is 4.79 Å². The van der Waals surface area contributed by atoms with E-state index in [4.69, 9.17) is 4.74 Å². The van der Waals surface area contributed by atoms with Crippen molar-refractivity contribution in [3.05, 3.63) is 70.4 Å². The molecule has 5 nitrogen and oxygen atoms in total. The number of ether oxygens (including phenoxy) is 1. The molecular formula is C18H17N3O2S. The summed E-state index contributed by atoms with van der Waals surface area (Å²) in [5.41, 5.74) is 0.626. The van der Waals surface area contributed by atoms with Gasteiger partial charge in [-0.05, 0) is 43.3 Å². The summed E-state index contributed by atoms with van der Waals surface area (Å²) < 4.78 is 5.70. The Morgan fingerprint density at radius 3 is 2.42 bits per heavy atom. The molecule has 0 fully saturated rings. The molecule has 122 valence electrons. The molecule has 6 heteroatoms. The predicted octanol–water partition coefficient (Wildman–Crippen LogP) is 3.91. The summed E-state index contributed by atoms with van der Waals surface area (Å²) in [7, 11) is 1.79. The Morgan fingerprint density at radius 2 is 1.79 bits per heavy atom. The minimum Gasteiger partial charge on any atom is -0.457 e. The second kappa shape index (κ2) is 7.23. The summed E-state index contributed by atoms with van der Waals surface area (Å²) in [6.07, 6.45) is 5.15. The molecule has 0 N–H and O–H groups in total. The van der Waals surface area contributed by atoms with Crippen molar-refractivity contribution in [2.75, 3.05) is 7.05 Å². The zero-order valence-corrected chi connectivity index (χ0v) is 14.3. The number of pyridine rings is 1. The van der Waals surface area contributed by atoms with Gasteiger partial charge < -0.3 is 9.64 Å². The van der Waals surface area contributed by atoms with Gasteiger partial charge in [0, 0.05) is 36.1 Å². The van der Waals surface area contributed by atoms with Crippen molar-refractivity contribution < 1.29 is 9.53 Å². The number of rotatable bonds is 5. The van der Waals surface area contributed by atoms with Gasteiger partial charge >= 0.3 is 0 Å². The van der Waals surface area contributed by atoms with E-state index in [1.807, 2.05) is 13.1 Å². The Balaban J connectivity index is 1.65. The Hall–Kier alpha value is -2.73. The van der Waals surface area contributed by atoms with Crippen molar-refractivity contribution in [2.45, 2.75) is 13.5 Å². The van der Waals surface area contributed by atoms with Crippen LogP contribution >= 0.6 is 11.3 Å². The molecule has 2 heterocycles. The van der Waals surface area contributed by atoms with Gasteiger partial charge in [0.2, 0.25) is 0 Å². The number of nitrogens with zero attached hydrogens (tertiary/aromatic N) is 3. The average Bonchev–Trinajstić information content (AvgIpc) is 3.00. The van der Waals surface area contributed by atoms with E-state index in [-0.39, 0.29) is 5.91 Å². The van der Waals surface area contributed by atoms with Gasteiger partial charge in [-0.3, -0.25) is 9.78 Å². The first-order valence-electron chi connectivity index (χ1n) is 7.46. The standard InChI is InChI=1S/C18H17N3O2S/c1-13-20-11-17(24-13)12-21(2)18(22)14-3-5-15(6-4-14)23-16-7-9-19-10-8-16/h3-11H,12H2,1-2H3. The zero-order chi connectivity index (χ0) is 16.9. The van der Waals surface area contributed by atoms with Gasteiger partial charge in [0.05, 0.1) is 11.6 Å². The Bertz CT molecular complexity index is 816. The molecular weight excluding hydrogens is 322 g/mol. The summed E-state index contributed by atoms with van der Waals surface area (Å²) >= 11 is 1.60. The number of amides is 1. The smallest absolute Gasteiger partial charge is 0.253 e. The highest BCUT2D eigenvalue weighted by Crippen LogP contribution is 2.21. The van der Waals surface area contributed by atoms with Crippen LogP contribution in [-0.4, -0.2) is 27.8 Å².